The molecule has 0 radical (unpaired) electrons. The zero-order valence-electron chi connectivity index (χ0n) is 16.4. The number of nitrogens with two attached hydrogens (primary N) is 1. The Kier molecular flexibility index (Phi) is 4.98. The van der Waals surface area contributed by atoms with Crippen LogP contribution in [0, 0.1) is 12.3 Å². The van der Waals surface area contributed by atoms with Gasteiger partial charge in [-0.15, -0.1) is 4.59 Å². The van der Waals surface area contributed by atoms with Gasteiger partial charge in [0.25, 0.3) is 5.84 Å². The third-order valence-electron chi connectivity index (χ3n) is 4.62. The number of hydrogen-bond acceptors (Lipinski definition) is 5. The molecule has 28 heavy (non-hydrogen) atoms. The molecule has 0 spiro atoms. The van der Waals surface area contributed by atoms with E-state index < -0.39 is 6.03 Å². The predicted octanol–water partition coefficient (Wildman–Crippen LogP) is 3.24. The summed E-state index contributed by atoms with van der Waals surface area (Å²) in [7, 11) is 5.64. The van der Waals surface area contributed by atoms with Crippen LogP contribution in [-0.2, 0) is 0 Å². The molecule has 2 aromatic rings. The fourth-order valence-corrected chi connectivity index (χ4v) is 2.89. The Bertz CT molecular complexity index is 992. The summed E-state index contributed by atoms with van der Waals surface area (Å²) in [5.74, 6) is 0.241. The van der Waals surface area contributed by atoms with Crippen molar-refractivity contribution in [3.63, 3.8) is 0 Å². The van der Waals surface area contributed by atoms with Crippen molar-refractivity contribution in [2.24, 2.45) is 15.8 Å². The number of primary amides is 1. The van der Waals surface area contributed by atoms with E-state index in [1.807, 2.05) is 63.3 Å². The maximum absolute atomic E-state index is 11.4. The smallest absolute Gasteiger partial charge is 0.316 e. The summed E-state index contributed by atoms with van der Waals surface area (Å²) in [6.45, 7) is 2.01. The lowest BCUT2D eigenvalue weighted by Crippen LogP contribution is -2.44. The summed E-state index contributed by atoms with van der Waals surface area (Å²) < 4.78 is -0.0204. The van der Waals surface area contributed by atoms with Crippen molar-refractivity contribution in [1.29, 1.82) is 5.41 Å². The van der Waals surface area contributed by atoms with Crippen molar-refractivity contribution in [2.75, 3.05) is 31.4 Å². The van der Waals surface area contributed by atoms with Gasteiger partial charge in [-0.05, 0) is 25.1 Å². The first-order chi connectivity index (χ1) is 13.2. The Balaban J connectivity index is 1.98. The number of quaternary nitrogens is 1. The number of hydrogen-bond donors (Lipinski definition) is 3. The van der Waals surface area contributed by atoms with Crippen molar-refractivity contribution in [3.05, 3.63) is 48.0 Å². The molecule has 3 rings (SSSR count). The third-order valence-corrected chi connectivity index (χ3v) is 4.62. The summed E-state index contributed by atoms with van der Waals surface area (Å²) in [5.41, 5.74) is 9.61. The molecule has 8 nitrogen and oxygen atoms in total. The summed E-state index contributed by atoms with van der Waals surface area (Å²) in [5, 5.41) is 15.7. The van der Waals surface area contributed by atoms with Crippen molar-refractivity contribution < 1.29 is 4.79 Å². The molecule has 8 heteroatoms. The number of rotatable bonds is 4. The fourth-order valence-electron chi connectivity index (χ4n) is 2.89. The number of benzene rings is 2. The minimum Gasteiger partial charge on any atom is -0.378 e. The summed E-state index contributed by atoms with van der Waals surface area (Å²) in [6.07, 6.45) is 1.58. The van der Waals surface area contributed by atoms with Crippen molar-refractivity contribution in [1.82, 2.24) is 4.59 Å². The molecule has 1 aliphatic heterocycles. The number of aliphatic imine (C=N–C) groups is 1. The minimum absolute atomic E-state index is 0.0204. The van der Waals surface area contributed by atoms with Crippen LogP contribution in [0.25, 0.3) is 0 Å². The number of nitrogens with zero attached hydrogens (tertiary/aromatic N) is 4. The summed E-state index contributed by atoms with van der Waals surface area (Å²) in [4.78, 5) is 17.9. The Morgan fingerprint density at radius 3 is 2.50 bits per heavy atom. The van der Waals surface area contributed by atoms with Gasteiger partial charge in [-0.25, -0.2) is 15.2 Å². The molecule has 0 saturated heterocycles. The quantitative estimate of drug-likeness (QED) is 0.710. The molecule has 1 unspecified atom stereocenters. The highest BCUT2D eigenvalue weighted by atomic mass is 16.2. The lowest BCUT2D eigenvalue weighted by molar-refractivity contribution is 0.259. The Hall–Kier alpha value is -3.52. The standard InChI is InChI=1S/C20H23N7O/c1-13-5-8-15(9-6-13)27(4)19(21)18(12-23-27)24-16-10-7-14(26(2)3)11-17(16)25-20(22)28/h5-12H,1-4H3,(H3-,21,22,23,25,28)/p+1. The molecule has 2 aromatic carbocycles. The van der Waals surface area contributed by atoms with E-state index in [2.05, 4.69) is 15.4 Å². The van der Waals surface area contributed by atoms with E-state index in [1.54, 1.807) is 18.3 Å². The van der Waals surface area contributed by atoms with Gasteiger partial charge in [0.05, 0.1) is 11.4 Å². The Labute approximate surface area is 164 Å². The highest BCUT2D eigenvalue weighted by Gasteiger charge is 2.40. The normalized spacial score (nSPS) is 19.9. The monoisotopic (exact) mass is 378 g/mol. The maximum Gasteiger partial charge on any atom is 0.316 e. The molecule has 4 N–H and O–H groups in total. The van der Waals surface area contributed by atoms with Crippen LogP contribution in [0.4, 0.5) is 27.5 Å². The molecule has 0 aromatic heterocycles. The van der Waals surface area contributed by atoms with Gasteiger partial charge < -0.3 is 16.0 Å². The van der Waals surface area contributed by atoms with Crippen LogP contribution in [0.1, 0.15) is 5.56 Å². The first-order valence-electron chi connectivity index (χ1n) is 8.76. The SMILES string of the molecule is Cc1ccc([N+]2(C)N=CC(=Nc3ccc(N(C)C)cc3NC(N)=O)C2=N)cc1. The van der Waals surface area contributed by atoms with E-state index in [9.17, 15) is 4.79 Å². The van der Waals surface area contributed by atoms with Gasteiger partial charge in [0.1, 0.15) is 13.3 Å². The largest absolute Gasteiger partial charge is 0.378 e. The number of urea groups is 1. The van der Waals surface area contributed by atoms with Gasteiger partial charge >= 0.3 is 6.03 Å². The molecule has 1 aliphatic rings. The van der Waals surface area contributed by atoms with Gasteiger partial charge in [-0.2, -0.15) is 0 Å². The molecule has 1 heterocycles. The fraction of sp³-hybridized carbons (Fsp3) is 0.200. The number of amidine groups is 1. The molecule has 0 aliphatic carbocycles. The van der Waals surface area contributed by atoms with Gasteiger partial charge in [-0.3, -0.25) is 0 Å². The predicted molar refractivity (Wildman–Crippen MR) is 116 cm³/mol. The minimum atomic E-state index is -0.673. The second-order valence-corrected chi connectivity index (χ2v) is 6.97. The van der Waals surface area contributed by atoms with Crippen molar-refractivity contribution in [3.8, 4) is 0 Å². The van der Waals surface area contributed by atoms with Gasteiger partial charge in [-0.1, -0.05) is 22.8 Å². The van der Waals surface area contributed by atoms with Crippen LogP contribution < -0.4 is 20.5 Å². The summed E-state index contributed by atoms with van der Waals surface area (Å²) in [6, 6.07) is 12.7. The molecule has 144 valence electrons. The highest BCUT2D eigenvalue weighted by Crippen LogP contribution is 2.31. The maximum atomic E-state index is 11.4. The zero-order chi connectivity index (χ0) is 20.5. The van der Waals surface area contributed by atoms with Gasteiger partial charge in [0, 0.05) is 31.9 Å². The lowest BCUT2D eigenvalue weighted by Gasteiger charge is -2.22. The molecule has 0 fully saturated rings. The molecule has 0 saturated carbocycles. The van der Waals surface area contributed by atoms with Crippen LogP contribution in [0.3, 0.4) is 0 Å². The molecular formula is C20H24N7O+. The Morgan fingerprint density at radius 2 is 1.89 bits per heavy atom. The van der Waals surface area contributed by atoms with Gasteiger partial charge in [0.15, 0.2) is 11.4 Å². The first kappa shape index (κ1) is 19.2. The van der Waals surface area contributed by atoms with Crippen LogP contribution in [0.2, 0.25) is 0 Å². The van der Waals surface area contributed by atoms with E-state index >= 15 is 0 Å². The molecular weight excluding hydrogens is 354 g/mol. The summed E-state index contributed by atoms with van der Waals surface area (Å²) >= 11 is 0. The average Bonchev–Trinajstić information content (AvgIpc) is 2.92. The lowest BCUT2D eigenvalue weighted by atomic mass is 10.2. The van der Waals surface area contributed by atoms with Gasteiger partial charge in [0.2, 0.25) is 0 Å². The van der Waals surface area contributed by atoms with Crippen LogP contribution >= 0.6 is 0 Å². The topological polar surface area (TPSA) is 107 Å². The zero-order valence-corrected chi connectivity index (χ0v) is 16.4. The number of carbonyl (C=O) groups is 1. The van der Waals surface area contributed by atoms with Crippen LogP contribution in [-0.4, -0.2) is 44.9 Å². The van der Waals surface area contributed by atoms with E-state index in [1.165, 1.54) is 0 Å². The highest BCUT2D eigenvalue weighted by molar-refractivity contribution is 6.65. The molecule has 1 atom stereocenters. The number of carbonyl (C=O) groups excluding carboxylic acids is 1. The second-order valence-electron chi connectivity index (χ2n) is 6.97. The van der Waals surface area contributed by atoms with E-state index in [0.717, 1.165) is 16.9 Å². The van der Waals surface area contributed by atoms with Crippen molar-refractivity contribution in [2.45, 2.75) is 6.92 Å². The number of amides is 2. The number of aryl methyl sites for hydroxylation is 1. The third kappa shape index (κ3) is 3.63. The average molecular weight is 378 g/mol. The Morgan fingerprint density at radius 1 is 1.21 bits per heavy atom. The first-order valence-corrected chi connectivity index (χ1v) is 8.76. The van der Waals surface area contributed by atoms with E-state index in [0.29, 0.717) is 17.1 Å². The van der Waals surface area contributed by atoms with Crippen LogP contribution in [0.5, 0.6) is 0 Å². The second kappa shape index (κ2) is 7.24. The molecule has 0 bridgehead atoms. The number of anilines is 2. The number of nitrogens with one attached hydrogen (secondary N) is 2. The van der Waals surface area contributed by atoms with E-state index in [-0.39, 0.29) is 10.4 Å². The molecule has 2 amide bonds. The van der Waals surface area contributed by atoms with E-state index in [4.69, 9.17) is 11.1 Å². The van der Waals surface area contributed by atoms with Crippen molar-refractivity contribution >= 4 is 46.5 Å². The van der Waals surface area contributed by atoms with Crippen LogP contribution in [0.15, 0.2) is 52.6 Å².